The zero-order chi connectivity index (χ0) is 7.40. The van der Waals surface area contributed by atoms with E-state index in [-0.39, 0.29) is 0 Å². The third-order valence-electron chi connectivity index (χ3n) is 1.39. The molecule has 0 aromatic heterocycles. The van der Waals surface area contributed by atoms with Crippen LogP contribution < -0.4 is 11.3 Å². The molecule has 1 aliphatic heterocycles. The van der Waals surface area contributed by atoms with Crippen molar-refractivity contribution in [1.82, 2.24) is 10.5 Å². The van der Waals surface area contributed by atoms with E-state index < -0.39 is 6.09 Å². The molecule has 1 fully saturated rings. The molecular formula is C5H11N3O2. The smallest absolute Gasteiger partial charge is 0.350 e. The van der Waals surface area contributed by atoms with Gasteiger partial charge < -0.3 is 4.84 Å². The van der Waals surface area contributed by atoms with Crippen molar-refractivity contribution in [3.05, 3.63) is 0 Å². The van der Waals surface area contributed by atoms with Crippen LogP contribution in [-0.2, 0) is 4.84 Å². The maximum Gasteiger partial charge on any atom is 0.440 e. The molecule has 1 rings (SSSR count). The van der Waals surface area contributed by atoms with E-state index in [1.807, 2.05) is 5.43 Å². The summed E-state index contributed by atoms with van der Waals surface area (Å²) < 4.78 is 0. The summed E-state index contributed by atoms with van der Waals surface area (Å²) >= 11 is 0. The first-order valence-electron chi connectivity index (χ1n) is 3.26. The molecule has 0 unspecified atom stereocenters. The van der Waals surface area contributed by atoms with E-state index >= 15 is 0 Å². The fraction of sp³-hybridized carbons (Fsp3) is 0.800. The van der Waals surface area contributed by atoms with E-state index in [9.17, 15) is 4.79 Å². The molecule has 1 saturated heterocycles. The van der Waals surface area contributed by atoms with Gasteiger partial charge in [-0.3, -0.25) is 5.43 Å². The van der Waals surface area contributed by atoms with Gasteiger partial charge in [0.25, 0.3) is 0 Å². The molecule has 0 radical (unpaired) electrons. The predicted molar refractivity (Wildman–Crippen MR) is 34.6 cm³/mol. The summed E-state index contributed by atoms with van der Waals surface area (Å²) in [5, 5.41) is 1.60. The van der Waals surface area contributed by atoms with Gasteiger partial charge in [0.1, 0.15) is 0 Å². The van der Waals surface area contributed by atoms with Crippen LogP contribution in [0.4, 0.5) is 4.79 Å². The Balaban J connectivity index is 2.17. The lowest BCUT2D eigenvalue weighted by Gasteiger charge is -2.12. The first-order chi connectivity index (χ1) is 4.83. The number of hydrazine groups is 1. The number of nitrogens with two attached hydrogens (primary N) is 1. The van der Waals surface area contributed by atoms with E-state index in [2.05, 4.69) is 0 Å². The highest BCUT2D eigenvalue weighted by atomic mass is 16.7. The molecule has 58 valence electrons. The average Bonchev–Trinajstić information content (AvgIpc) is 2.40. The van der Waals surface area contributed by atoms with Gasteiger partial charge in [0.2, 0.25) is 0 Å². The quantitative estimate of drug-likeness (QED) is 0.299. The van der Waals surface area contributed by atoms with Crippen LogP contribution in [0.2, 0.25) is 0 Å². The van der Waals surface area contributed by atoms with E-state index in [1.165, 1.54) is 0 Å². The summed E-state index contributed by atoms with van der Waals surface area (Å²) in [6.07, 6.45) is 1.57. The molecule has 5 nitrogen and oxygen atoms in total. The minimum Gasteiger partial charge on any atom is -0.350 e. The molecule has 1 aliphatic rings. The van der Waals surface area contributed by atoms with Crippen molar-refractivity contribution >= 4 is 6.09 Å². The Morgan fingerprint density at radius 2 is 2.10 bits per heavy atom. The molecule has 0 atom stereocenters. The summed E-state index contributed by atoms with van der Waals surface area (Å²) in [7, 11) is 0. The third-order valence-corrected chi connectivity index (χ3v) is 1.39. The Labute approximate surface area is 59.0 Å². The zero-order valence-electron chi connectivity index (χ0n) is 5.67. The van der Waals surface area contributed by atoms with Gasteiger partial charge in [-0.2, -0.15) is 0 Å². The molecule has 0 bridgehead atoms. The van der Waals surface area contributed by atoms with Gasteiger partial charge in [-0.1, -0.05) is 0 Å². The van der Waals surface area contributed by atoms with Crippen LogP contribution in [0, 0.1) is 0 Å². The minimum atomic E-state index is -0.595. The first-order valence-corrected chi connectivity index (χ1v) is 3.26. The number of nitrogens with one attached hydrogen (secondary N) is 1. The van der Waals surface area contributed by atoms with E-state index in [4.69, 9.17) is 10.7 Å². The van der Waals surface area contributed by atoms with Crippen molar-refractivity contribution in [2.24, 2.45) is 5.84 Å². The van der Waals surface area contributed by atoms with E-state index in [0.717, 1.165) is 25.9 Å². The molecule has 0 aromatic carbocycles. The molecule has 0 spiro atoms. The van der Waals surface area contributed by atoms with Crippen molar-refractivity contribution in [2.75, 3.05) is 13.1 Å². The van der Waals surface area contributed by atoms with Gasteiger partial charge in [-0.25, -0.2) is 10.6 Å². The van der Waals surface area contributed by atoms with Gasteiger partial charge in [-0.05, 0) is 12.8 Å². The third kappa shape index (κ3) is 1.85. The lowest BCUT2D eigenvalue weighted by molar-refractivity contribution is -0.0804. The van der Waals surface area contributed by atoms with Crippen molar-refractivity contribution in [3.63, 3.8) is 0 Å². The fourth-order valence-corrected chi connectivity index (χ4v) is 0.923. The Hall–Kier alpha value is -0.810. The van der Waals surface area contributed by atoms with Crippen molar-refractivity contribution in [1.29, 1.82) is 0 Å². The lowest BCUT2D eigenvalue weighted by atomic mass is 10.4. The fourth-order valence-electron chi connectivity index (χ4n) is 0.923. The molecule has 5 heteroatoms. The van der Waals surface area contributed by atoms with Crippen molar-refractivity contribution in [2.45, 2.75) is 12.8 Å². The Morgan fingerprint density at radius 1 is 1.50 bits per heavy atom. The van der Waals surface area contributed by atoms with Gasteiger partial charge in [0, 0.05) is 13.1 Å². The topological polar surface area (TPSA) is 67.6 Å². The monoisotopic (exact) mass is 145 g/mol. The largest absolute Gasteiger partial charge is 0.440 e. The number of amides is 1. The number of nitrogens with zero attached hydrogens (tertiary/aromatic N) is 1. The van der Waals surface area contributed by atoms with Crippen LogP contribution in [0.25, 0.3) is 0 Å². The molecule has 3 N–H and O–H groups in total. The summed E-state index contributed by atoms with van der Waals surface area (Å²) in [5.74, 6) is 4.80. The summed E-state index contributed by atoms with van der Waals surface area (Å²) in [6, 6.07) is 0. The maximum atomic E-state index is 10.5. The van der Waals surface area contributed by atoms with Crippen LogP contribution in [-0.4, -0.2) is 24.2 Å². The Morgan fingerprint density at radius 3 is 2.60 bits per heavy atom. The highest BCUT2D eigenvalue weighted by Gasteiger charge is 2.14. The normalized spacial score (nSPS) is 18.9. The molecule has 0 aromatic rings. The summed E-state index contributed by atoms with van der Waals surface area (Å²) in [5.41, 5.74) is 1.89. The Bertz CT molecular complexity index is 122. The van der Waals surface area contributed by atoms with Crippen LogP contribution in [0.1, 0.15) is 12.8 Å². The molecule has 10 heavy (non-hydrogen) atoms. The standard InChI is InChI=1S/C5H11N3O2/c6-7-5(9)10-8-3-1-2-4-8/h1-4,6H2,(H,7,9). The summed E-state index contributed by atoms with van der Waals surface area (Å²) in [4.78, 5) is 15.2. The summed E-state index contributed by atoms with van der Waals surface area (Å²) in [6.45, 7) is 1.63. The highest BCUT2D eigenvalue weighted by molar-refractivity contribution is 5.65. The number of hydrogen-bond acceptors (Lipinski definition) is 4. The van der Waals surface area contributed by atoms with Gasteiger partial charge in [0.15, 0.2) is 0 Å². The Kier molecular flexibility index (Phi) is 2.47. The number of hydrogen-bond donors (Lipinski definition) is 2. The van der Waals surface area contributed by atoms with Crippen LogP contribution in [0.15, 0.2) is 0 Å². The molecule has 0 aliphatic carbocycles. The SMILES string of the molecule is NNC(=O)ON1CCCC1. The van der Waals surface area contributed by atoms with Crippen LogP contribution in [0.5, 0.6) is 0 Å². The second-order valence-electron chi connectivity index (χ2n) is 2.16. The van der Waals surface area contributed by atoms with E-state index in [1.54, 1.807) is 5.06 Å². The highest BCUT2D eigenvalue weighted by Crippen LogP contribution is 2.06. The maximum absolute atomic E-state index is 10.5. The molecular weight excluding hydrogens is 134 g/mol. The van der Waals surface area contributed by atoms with Gasteiger partial charge >= 0.3 is 6.09 Å². The second kappa shape index (κ2) is 3.38. The van der Waals surface area contributed by atoms with Gasteiger partial charge in [0.05, 0.1) is 0 Å². The molecule has 1 amide bonds. The van der Waals surface area contributed by atoms with E-state index in [0.29, 0.717) is 0 Å². The number of carbonyl (C=O) groups excluding carboxylic acids is 1. The van der Waals surface area contributed by atoms with Crippen molar-refractivity contribution < 1.29 is 9.63 Å². The first kappa shape index (κ1) is 7.30. The average molecular weight is 145 g/mol. The number of carbonyl (C=O) groups is 1. The second-order valence-corrected chi connectivity index (χ2v) is 2.16. The number of rotatable bonds is 1. The van der Waals surface area contributed by atoms with Crippen LogP contribution >= 0.6 is 0 Å². The minimum absolute atomic E-state index is 0.595. The number of hydroxylamine groups is 2. The predicted octanol–water partition coefficient (Wildman–Crippen LogP) is -0.403. The molecule has 1 heterocycles. The van der Waals surface area contributed by atoms with Crippen LogP contribution in [0.3, 0.4) is 0 Å². The molecule has 0 saturated carbocycles. The zero-order valence-corrected chi connectivity index (χ0v) is 5.67. The van der Waals surface area contributed by atoms with Crippen molar-refractivity contribution in [3.8, 4) is 0 Å². The van der Waals surface area contributed by atoms with Gasteiger partial charge in [-0.15, -0.1) is 5.06 Å². The lowest BCUT2D eigenvalue weighted by Crippen LogP contribution is -2.36.